The van der Waals surface area contributed by atoms with Gasteiger partial charge in [0.2, 0.25) is 0 Å². The molecule has 0 saturated carbocycles. The van der Waals surface area contributed by atoms with Crippen molar-refractivity contribution in [3.63, 3.8) is 0 Å². The van der Waals surface area contributed by atoms with E-state index in [0.717, 1.165) is 0 Å². The lowest BCUT2D eigenvalue weighted by Gasteiger charge is -2.20. The normalized spacial score (nSPS) is 11.8. The number of aliphatic hydroxyl groups excluding tert-OH is 1. The number of carbonyl (C=O) groups is 1. The summed E-state index contributed by atoms with van der Waals surface area (Å²) in [5.74, 6) is -0.390. The second-order valence-corrected chi connectivity index (χ2v) is 5.31. The van der Waals surface area contributed by atoms with E-state index >= 15 is 0 Å². The Morgan fingerprint density at radius 2 is 2.05 bits per heavy atom. The van der Waals surface area contributed by atoms with Crippen molar-refractivity contribution in [3.8, 4) is 0 Å². The van der Waals surface area contributed by atoms with E-state index in [2.05, 4.69) is 0 Å². The molecule has 0 saturated heterocycles. The quantitative estimate of drug-likeness (QED) is 0.862. The molecular formula is C14H16FNO3. The molecule has 4 nitrogen and oxygen atoms in total. The van der Waals surface area contributed by atoms with Crippen LogP contribution < -0.4 is 0 Å². The highest BCUT2D eigenvalue weighted by molar-refractivity contribution is 5.91. The first kappa shape index (κ1) is 13.5. The smallest absolute Gasteiger partial charge is 0.419 e. The fourth-order valence-corrected chi connectivity index (χ4v) is 1.88. The molecule has 2 aromatic rings. The van der Waals surface area contributed by atoms with E-state index in [-0.39, 0.29) is 6.61 Å². The number of nitrogens with zero attached hydrogens (tertiary/aromatic N) is 1. The minimum Gasteiger partial charge on any atom is -0.443 e. The Morgan fingerprint density at radius 3 is 2.63 bits per heavy atom. The van der Waals surface area contributed by atoms with Crippen LogP contribution in [0.3, 0.4) is 0 Å². The first-order valence-corrected chi connectivity index (χ1v) is 5.96. The Bertz CT molecular complexity index is 625. The summed E-state index contributed by atoms with van der Waals surface area (Å²) in [6.07, 6.45) is -0.585. The molecule has 2 rings (SSSR count). The monoisotopic (exact) mass is 265 g/mol. The predicted octanol–water partition coefficient (Wildman–Crippen LogP) is 3.06. The van der Waals surface area contributed by atoms with Gasteiger partial charge < -0.3 is 9.84 Å². The van der Waals surface area contributed by atoms with Gasteiger partial charge in [-0.25, -0.2) is 13.8 Å². The van der Waals surface area contributed by atoms with Gasteiger partial charge in [0.05, 0.1) is 17.8 Å². The summed E-state index contributed by atoms with van der Waals surface area (Å²) in [4.78, 5) is 12.1. The zero-order chi connectivity index (χ0) is 14.2. The van der Waals surface area contributed by atoms with Crippen molar-refractivity contribution >= 4 is 17.0 Å². The molecule has 0 unspecified atom stereocenters. The summed E-state index contributed by atoms with van der Waals surface area (Å²) < 4.78 is 19.7. The van der Waals surface area contributed by atoms with Crippen LogP contribution in [-0.4, -0.2) is 21.4 Å². The van der Waals surface area contributed by atoms with Gasteiger partial charge in [-0.2, -0.15) is 0 Å². The lowest BCUT2D eigenvalue weighted by Crippen LogP contribution is -2.28. The lowest BCUT2D eigenvalue weighted by atomic mass is 10.2. The van der Waals surface area contributed by atoms with E-state index in [1.54, 1.807) is 26.8 Å². The minimum absolute atomic E-state index is 0.324. The summed E-state index contributed by atoms with van der Waals surface area (Å²) in [6.45, 7) is 4.95. The van der Waals surface area contributed by atoms with Crippen LogP contribution in [0.15, 0.2) is 24.3 Å². The molecule has 1 aromatic carbocycles. The van der Waals surface area contributed by atoms with Crippen LogP contribution in [0.2, 0.25) is 0 Å². The fraction of sp³-hybridized carbons (Fsp3) is 0.357. The molecule has 19 heavy (non-hydrogen) atoms. The minimum atomic E-state index is -0.638. The molecule has 102 valence electrons. The van der Waals surface area contributed by atoms with Crippen molar-refractivity contribution in [3.05, 3.63) is 35.8 Å². The molecule has 0 aliphatic carbocycles. The number of ether oxygens (including phenoxy) is 1. The molecule has 0 atom stereocenters. The first-order chi connectivity index (χ1) is 8.81. The third-order valence-corrected chi connectivity index (χ3v) is 2.58. The van der Waals surface area contributed by atoms with Crippen LogP contribution in [0.5, 0.6) is 0 Å². The Hall–Kier alpha value is -1.88. The van der Waals surface area contributed by atoms with E-state index < -0.39 is 17.5 Å². The topological polar surface area (TPSA) is 51.5 Å². The summed E-state index contributed by atoms with van der Waals surface area (Å²) in [6, 6.07) is 5.65. The molecule has 1 N–H and O–H groups in total. The van der Waals surface area contributed by atoms with Gasteiger partial charge >= 0.3 is 6.09 Å². The lowest BCUT2D eigenvalue weighted by molar-refractivity contribution is 0.0533. The molecule has 0 fully saturated rings. The molecule has 5 heteroatoms. The van der Waals surface area contributed by atoms with E-state index in [4.69, 9.17) is 4.74 Å². The fourth-order valence-electron chi connectivity index (χ4n) is 1.88. The van der Waals surface area contributed by atoms with Crippen molar-refractivity contribution in [2.45, 2.75) is 33.0 Å². The Balaban J connectivity index is 2.54. The van der Waals surface area contributed by atoms with Crippen LogP contribution in [-0.2, 0) is 11.3 Å². The number of hydrogen-bond acceptors (Lipinski definition) is 3. The largest absolute Gasteiger partial charge is 0.443 e. The van der Waals surface area contributed by atoms with Crippen molar-refractivity contribution in [1.82, 2.24) is 4.57 Å². The van der Waals surface area contributed by atoms with Crippen molar-refractivity contribution in [2.75, 3.05) is 0 Å². The number of aliphatic hydroxyl groups is 1. The van der Waals surface area contributed by atoms with Gasteiger partial charge in [-0.15, -0.1) is 0 Å². The first-order valence-electron chi connectivity index (χ1n) is 5.96. The highest BCUT2D eigenvalue weighted by atomic mass is 19.1. The van der Waals surface area contributed by atoms with E-state index in [1.165, 1.54) is 22.8 Å². The number of aromatic nitrogens is 1. The molecule has 1 aromatic heterocycles. The van der Waals surface area contributed by atoms with Gasteiger partial charge in [0.1, 0.15) is 11.4 Å². The van der Waals surface area contributed by atoms with Gasteiger partial charge in [0, 0.05) is 5.39 Å². The van der Waals surface area contributed by atoms with Crippen LogP contribution in [0, 0.1) is 5.82 Å². The standard InChI is InChI=1S/C14H16FNO3/c1-14(2,3)19-13(18)16-11(8-17)7-9-6-10(15)4-5-12(9)16/h4-7,17H,8H2,1-3H3. The van der Waals surface area contributed by atoms with Crippen molar-refractivity contribution in [1.29, 1.82) is 0 Å². The third kappa shape index (κ3) is 2.76. The van der Waals surface area contributed by atoms with Gasteiger partial charge in [-0.1, -0.05) is 0 Å². The molecular weight excluding hydrogens is 249 g/mol. The Labute approximate surface area is 110 Å². The van der Waals surface area contributed by atoms with Gasteiger partial charge in [0.15, 0.2) is 0 Å². The number of carbonyl (C=O) groups excluding carboxylic acids is 1. The highest BCUT2D eigenvalue weighted by Gasteiger charge is 2.21. The van der Waals surface area contributed by atoms with Gasteiger partial charge in [-0.3, -0.25) is 0 Å². The number of hydrogen-bond donors (Lipinski definition) is 1. The van der Waals surface area contributed by atoms with Crippen molar-refractivity contribution in [2.24, 2.45) is 0 Å². The summed E-state index contributed by atoms with van der Waals surface area (Å²) >= 11 is 0. The van der Waals surface area contributed by atoms with Crippen LogP contribution >= 0.6 is 0 Å². The maximum Gasteiger partial charge on any atom is 0.419 e. The Morgan fingerprint density at radius 1 is 1.37 bits per heavy atom. The molecule has 1 heterocycles. The van der Waals surface area contributed by atoms with E-state index in [0.29, 0.717) is 16.6 Å². The molecule has 0 spiro atoms. The highest BCUT2D eigenvalue weighted by Crippen LogP contribution is 2.22. The number of fused-ring (bicyclic) bond motifs is 1. The SMILES string of the molecule is CC(C)(C)OC(=O)n1c(CO)cc2cc(F)ccc21. The number of rotatable bonds is 1. The summed E-state index contributed by atoms with van der Waals surface area (Å²) in [5, 5.41) is 9.86. The molecule has 0 bridgehead atoms. The summed E-state index contributed by atoms with van der Waals surface area (Å²) in [7, 11) is 0. The number of benzene rings is 1. The van der Waals surface area contributed by atoms with E-state index in [9.17, 15) is 14.3 Å². The maximum absolute atomic E-state index is 13.2. The van der Waals surface area contributed by atoms with Gasteiger partial charge in [-0.05, 0) is 45.0 Å². The molecule has 0 aliphatic heterocycles. The number of halogens is 1. The molecule has 0 aliphatic rings. The van der Waals surface area contributed by atoms with Gasteiger partial charge in [0.25, 0.3) is 0 Å². The molecule has 0 radical (unpaired) electrons. The predicted molar refractivity (Wildman–Crippen MR) is 69.5 cm³/mol. The second-order valence-electron chi connectivity index (χ2n) is 5.31. The van der Waals surface area contributed by atoms with Crippen LogP contribution in [0.4, 0.5) is 9.18 Å². The van der Waals surface area contributed by atoms with E-state index in [1.807, 2.05) is 0 Å². The Kier molecular flexibility index (Phi) is 3.32. The average molecular weight is 265 g/mol. The second kappa shape index (κ2) is 4.66. The zero-order valence-electron chi connectivity index (χ0n) is 11.1. The summed E-state index contributed by atoms with van der Waals surface area (Å²) in [5.41, 5.74) is 0.245. The van der Waals surface area contributed by atoms with Crippen LogP contribution in [0.25, 0.3) is 10.9 Å². The third-order valence-electron chi connectivity index (χ3n) is 2.58. The zero-order valence-corrected chi connectivity index (χ0v) is 11.1. The molecule has 0 amide bonds. The maximum atomic E-state index is 13.2. The van der Waals surface area contributed by atoms with Crippen LogP contribution in [0.1, 0.15) is 26.5 Å². The van der Waals surface area contributed by atoms with Crippen molar-refractivity contribution < 1.29 is 19.0 Å². The average Bonchev–Trinajstić information content (AvgIpc) is 2.63.